The predicted molar refractivity (Wildman–Crippen MR) is 56.0 cm³/mol. The van der Waals surface area contributed by atoms with Gasteiger partial charge in [0.15, 0.2) is 0 Å². The van der Waals surface area contributed by atoms with E-state index in [9.17, 15) is 4.79 Å². The molecule has 0 aliphatic carbocycles. The van der Waals surface area contributed by atoms with Crippen molar-refractivity contribution in [3.05, 3.63) is 11.6 Å². The van der Waals surface area contributed by atoms with Crippen molar-refractivity contribution in [1.29, 1.82) is 0 Å². The maximum atomic E-state index is 11.2. The Kier molecular flexibility index (Phi) is 5.46. The molecule has 14 heavy (non-hydrogen) atoms. The summed E-state index contributed by atoms with van der Waals surface area (Å²) < 4.78 is 9.67. The second-order valence-electron chi connectivity index (χ2n) is 4.24. The van der Waals surface area contributed by atoms with Crippen LogP contribution in [-0.2, 0) is 14.3 Å². The predicted octanol–water partition coefficient (Wildman–Crippen LogP) is 2.17. The Morgan fingerprint density at radius 1 is 1.29 bits per heavy atom. The van der Waals surface area contributed by atoms with E-state index in [2.05, 4.69) is 20.8 Å². The molecule has 82 valence electrons. The molecule has 3 nitrogen and oxygen atoms in total. The fourth-order valence-corrected chi connectivity index (χ4v) is 0.661. The van der Waals surface area contributed by atoms with Crippen LogP contribution < -0.4 is 0 Å². The van der Waals surface area contributed by atoms with Crippen LogP contribution in [0.15, 0.2) is 11.6 Å². The summed E-state index contributed by atoms with van der Waals surface area (Å²) in [4.78, 5) is 11.2. The number of hydrogen-bond acceptors (Lipinski definition) is 3. The first-order chi connectivity index (χ1) is 6.38. The van der Waals surface area contributed by atoms with Crippen LogP contribution in [0.1, 0.15) is 27.7 Å². The van der Waals surface area contributed by atoms with Crippen LogP contribution in [0.3, 0.4) is 0 Å². The third kappa shape index (κ3) is 5.75. The van der Waals surface area contributed by atoms with E-state index in [-0.39, 0.29) is 11.4 Å². The van der Waals surface area contributed by atoms with E-state index < -0.39 is 0 Å². The van der Waals surface area contributed by atoms with Gasteiger partial charge in [-0.25, -0.2) is 4.79 Å². The van der Waals surface area contributed by atoms with Gasteiger partial charge in [-0.1, -0.05) is 26.3 Å². The topological polar surface area (TPSA) is 35.5 Å². The van der Waals surface area contributed by atoms with Crippen molar-refractivity contribution in [3.8, 4) is 0 Å². The van der Waals surface area contributed by atoms with Gasteiger partial charge in [0.1, 0.15) is 6.61 Å². The van der Waals surface area contributed by atoms with E-state index in [1.165, 1.54) is 6.08 Å². The maximum absolute atomic E-state index is 11.2. The van der Waals surface area contributed by atoms with E-state index in [0.29, 0.717) is 13.2 Å². The molecular weight excluding hydrogens is 180 g/mol. The lowest BCUT2D eigenvalue weighted by molar-refractivity contribution is -0.139. The Bertz CT molecular complexity index is 211. The Morgan fingerprint density at radius 2 is 1.86 bits per heavy atom. The zero-order valence-electron chi connectivity index (χ0n) is 9.72. The van der Waals surface area contributed by atoms with Crippen LogP contribution in [-0.4, -0.2) is 26.3 Å². The van der Waals surface area contributed by atoms with Gasteiger partial charge in [0, 0.05) is 13.2 Å². The van der Waals surface area contributed by atoms with Crippen LogP contribution in [0.2, 0.25) is 0 Å². The Balaban J connectivity index is 4.03. The molecule has 0 spiro atoms. The number of hydrogen-bond donors (Lipinski definition) is 0. The summed E-state index contributed by atoms with van der Waals surface area (Å²) in [6, 6.07) is 0. The lowest BCUT2D eigenvalue weighted by atomic mass is 9.87. The van der Waals surface area contributed by atoms with Gasteiger partial charge in [0.2, 0.25) is 0 Å². The molecule has 0 amide bonds. The van der Waals surface area contributed by atoms with Gasteiger partial charge < -0.3 is 9.47 Å². The molecule has 0 atom stereocenters. The van der Waals surface area contributed by atoms with Gasteiger partial charge in [0.05, 0.1) is 6.61 Å². The summed E-state index contributed by atoms with van der Waals surface area (Å²) in [5.41, 5.74) is 1.03. The third-order valence-corrected chi connectivity index (χ3v) is 2.05. The summed E-state index contributed by atoms with van der Waals surface area (Å²) in [6.07, 6.45) is 1.54. The Morgan fingerprint density at radius 3 is 2.29 bits per heavy atom. The minimum atomic E-state index is -0.297. The minimum absolute atomic E-state index is 0.0142. The van der Waals surface area contributed by atoms with E-state index >= 15 is 0 Å². The monoisotopic (exact) mass is 200 g/mol. The molecule has 0 rings (SSSR count). The molecule has 0 heterocycles. The average Bonchev–Trinajstić information content (AvgIpc) is 2.03. The molecular formula is C11H20O3. The first kappa shape index (κ1) is 13.2. The molecule has 3 heteroatoms. The number of methoxy groups -OCH3 is 1. The first-order valence-electron chi connectivity index (χ1n) is 4.72. The van der Waals surface area contributed by atoms with Crippen LogP contribution in [0.5, 0.6) is 0 Å². The van der Waals surface area contributed by atoms with Crippen molar-refractivity contribution in [2.75, 3.05) is 20.3 Å². The van der Waals surface area contributed by atoms with Gasteiger partial charge in [-0.3, -0.25) is 0 Å². The van der Waals surface area contributed by atoms with Crippen molar-refractivity contribution >= 4 is 5.97 Å². The molecule has 0 fully saturated rings. The molecule has 0 aromatic carbocycles. The van der Waals surface area contributed by atoms with Crippen LogP contribution >= 0.6 is 0 Å². The molecule has 0 saturated carbocycles. The molecule has 0 aliphatic heterocycles. The second-order valence-corrected chi connectivity index (χ2v) is 4.24. The highest BCUT2D eigenvalue weighted by Gasteiger charge is 2.13. The van der Waals surface area contributed by atoms with Crippen LogP contribution in [0.4, 0.5) is 0 Å². The molecule has 0 aromatic rings. The highest BCUT2D eigenvalue weighted by molar-refractivity contribution is 5.82. The van der Waals surface area contributed by atoms with E-state index in [4.69, 9.17) is 9.47 Å². The standard InChI is InChI=1S/C11H20O3/c1-9(11(2,3)4)8-10(12)14-7-6-13-5/h8H,6-7H2,1-5H3/b9-8+. The maximum Gasteiger partial charge on any atom is 0.330 e. The average molecular weight is 200 g/mol. The normalized spacial score (nSPS) is 12.8. The summed E-state index contributed by atoms with van der Waals surface area (Å²) in [6.45, 7) is 8.85. The molecule has 0 saturated heterocycles. The number of ether oxygens (including phenoxy) is 2. The fraction of sp³-hybridized carbons (Fsp3) is 0.727. The number of carbonyl (C=O) groups is 1. The van der Waals surface area contributed by atoms with Gasteiger partial charge in [-0.2, -0.15) is 0 Å². The first-order valence-corrected chi connectivity index (χ1v) is 4.72. The number of esters is 1. The van der Waals surface area contributed by atoms with Crippen LogP contribution in [0, 0.1) is 5.41 Å². The molecule has 0 radical (unpaired) electrons. The van der Waals surface area contributed by atoms with E-state index in [1.54, 1.807) is 7.11 Å². The SMILES string of the molecule is COCCOC(=O)/C=C(\C)C(C)(C)C. The fourth-order valence-electron chi connectivity index (χ4n) is 0.661. The highest BCUT2D eigenvalue weighted by Crippen LogP contribution is 2.23. The number of rotatable bonds is 4. The molecule has 0 bridgehead atoms. The Hall–Kier alpha value is -0.830. The zero-order chi connectivity index (χ0) is 11.2. The van der Waals surface area contributed by atoms with Gasteiger partial charge in [-0.15, -0.1) is 0 Å². The van der Waals surface area contributed by atoms with Crippen molar-refractivity contribution in [2.24, 2.45) is 5.41 Å². The lowest BCUT2D eigenvalue weighted by Gasteiger charge is -2.18. The van der Waals surface area contributed by atoms with Crippen molar-refractivity contribution in [1.82, 2.24) is 0 Å². The van der Waals surface area contributed by atoms with Gasteiger partial charge in [0.25, 0.3) is 0 Å². The summed E-state index contributed by atoms with van der Waals surface area (Å²) in [5.74, 6) is -0.297. The number of carbonyl (C=O) groups excluding carboxylic acids is 1. The third-order valence-electron chi connectivity index (χ3n) is 2.05. The Labute approximate surface area is 86.1 Å². The van der Waals surface area contributed by atoms with Crippen molar-refractivity contribution in [3.63, 3.8) is 0 Å². The minimum Gasteiger partial charge on any atom is -0.460 e. The molecule has 0 aromatic heterocycles. The summed E-state index contributed by atoms with van der Waals surface area (Å²) >= 11 is 0. The van der Waals surface area contributed by atoms with E-state index in [1.807, 2.05) is 6.92 Å². The van der Waals surface area contributed by atoms with Gasteiger partial charge >= 0.3 is 5.97 Å². The quantitative estimate of drug-likeness (QED) is 0.396. The van der Waals surface area contributed by atoms with Crippen molar-refractivity contribution < 1.29 is 14.3 Å². The second kappa shape index (κ2) is 5.81. The zero-order valence-corrected chi connectivity index (χ0v) is 9.72. The number of allylic oxidation sites excluding steroid dienone is 1. The highest BCUT2D eigenvalue weighted by atomic mass is 16.6. The van der Waals surface area contributed by atoms with Crippen LogP contribution in [0.25, 0.3) is 0 Å². The smallest absolute Gasteiger partial charge is 0.330 e. The molecule has 0 aliphatic rings. The summed E-state index contributed by atoms with van der Waals surface area (Å²) in [7, 11) is 1.57. The van der Waals surface area contributed by atoms with Crippen molar-refractivity contribution in [2.45, 2.75) is 27.7 Å². The molecule has 0 N–H and O–H groups in total. The molecule has 0 unspecified atom stereocenters. The largest absolute Gasteiger partial charge is 0.460 e. The van der Waals surface area contributed by atoms with E-state index in [0.717, 1.165) is 5.57 Å². The van der Waals surface area contributed by atoms with Gasteiger partial charge in [-0.05, 0) is 12.3 Å². The summed E-state index contributed by atoms with van der Waals surface area (Å²) in [5, 5.41) is 0. The lowest BCUT2D eigenvalue weighted by Crippen LogP contribution is -2.12.